The second-order valence-corrected chi connectivity index (χ2v) is 4.48. The molecule has 0 spiro atoms. The first-order valence-electron chi connectivity index (χ1n) is 5.94. The highest BCUT2D eigenvalue weighted by molar-refractivity contribution is 5.43. The number of nitrogens with zero attached hydrogens (tertiary/aromatic N) is 2. The molecule has 0 radical (unpaired) electrons. The van der Waals surface area contributed by atoms with Crippen molar-refractivity contribution in [1.29, 1.82) is 0 Å². The van der Waals surface area contributed by atoms with E-state index < -0.39 is 0 Å². The van der Waals surface area contributed by atoms with Gasteiger partial charge in [-0.3, -0.25) is 4.68 Å². The molecule has 0 aliphatic heterocycles. The van der Waals surface area contributed by atoms with Gasteiger partial charge in [0.25, 0.3) is 0 Å². The second kappa shape index (κ2) is 5.89. The molecule has 0 amide bonds. The third-order valence-electron chi connectivity index (χ3n) is 2.58. The van der Waals surface area contributed by atoms with Crippen LogP contribution in [0, 0.1) is 5.92 Å². The van der Waals surface area contributed by atoms with E-state index in [9.17, 15) is 0 Å². The summed E-state index contributed by atoms with van der Waals surface area (Å²) < 4.78 is 7.12. The second-order valence-electron chi connectivity index (χ2n) is 4.48. The molecule has 2 N–H and O–H groups in total. The third kappa shape index (κ3) is 3.23. The van der Waals surface area contributed by atoms with Crippen molar-refractivity contribution in [3.63, 3.8) is 0 Å². The standard InChI is InChI=1S/C12H23N3O/c1-5-16-7-6-11-10(8-9(2)3)12(13)15(4)14-11/h9H,5-8,13H2,1-4H3. The Labute approximate surface area is 97.8 Å². The van der Waals surface area contributed by atoms with Crippen LogP contribution in [0.25, 0.3) is 0 Å². The Morgan fingerprint density at radius 1 is 1.44 bits per heavy atom. The van der Waals surface area contributed by atoms with Crippen LogP contribution in [0.1, 0.15) is 32.0 Å². The van der Waals surface area contributed by atoms with Gasteiger partial charge in [-0.05, 0) is 19.3 Å². The van der Waals surface area contributed by atoms with Crippen molar-refractivity contribution in [3.05, 3.63) is 11.3 Å². The normalized spacial score (nSPS) is 11.3. The van der Waals surface area contributed by atoms with Crippen molar-refractivity contribution in [2.45, 2.75) is 33.6 Å². The molecule has 1 aromatic rings. The van der Waals surface area contributed by atoms with Gasteiger partial charge in [-0.15, -0.1) is 0 Å². The molecule has 0 aromatic carbocycles. The lowest BCUT2D eigenvalue weighted by atomic mass is 10.0. The van der Waals surface area contributed by atoms with Crippen LogP contribution in [0.5, 0.6) is 0 Å². The number of nitrogens with two attached hydrogens (primary N) is 1. The molecule has 1 heterocycles. The van der Waals surface area contributed by atoms with E-state index in [0.717, 1.165) is 37.6 Å². The smallest absolute Gasteiger partial charge is 0.124 e. The molecule has 0 aliphatic carbocycles. The maximum Gasteiger partial charge on any atom is 0.124 e. The van der Waals surface area contributed by atoms with E-state index in [0.29, 0.717) is 5.92 Å². The summed E-state index contributed by atoms with van der Waals surface area (Å²) in [4.78, 5) is 0. The van der Waals surface area contributed by atoms with Crippen molar-refractivity contribution in [1.82, 2.24) is 9.78 Å². The van der Waals surface area contributed by atoms with Crippen molar-refractivity contribution in [2.75, 3.05) is 18.9 Å². The van der Waals surface area contributed by atoms with Gasteiger partial charge >= 0.3 is 0 Å². The van der Waals surface area contributed by atoms with Crippen LogP contribution in [0.4, 0.5) is 5.82 Å². The van der Waals surface area contributed by atoms with Gasteiger partial charge in [0.05, 0.1) is 12.3 Å². The number of rotatable bonds is 6. The molecule has 0 saturated heterocycles. The van der Waals surface area contributed by atoms with Gasteiger partial charge in [-0.1, -0.05) is 13.8 Å². The minimum atomic E-state index is 0.595. The Kier molecular flexibility index (Phi) is 4.80. The largest absolute Gasteiger partial charge is 0.384 e. The van der Waals surface area contributed by atoms with Crippen molar-refractivity contribution in [3.8, 4) is 0 Å². The summed E-state index contributed by atoms with van der Waals surface area (Å²) in [5.41, 5.74) is 8.29. The first kappa shape index (κ1) is 13.0. The van der Waals surface area contributed by atoms with Crippen LogP contribution >= 0.6 is 0 Å². The molecular formula is C12H23N3O. The lowest BCUT2D eigenvalue weighted by molar-refractivity contribution is 0.150. The fourth-order valence-corrected chi connectivity index (χ4v) is 1.78. The van der Waals surface area contributed by atoms with Crippen LogP contribution < -0.4 is 5.73 Å². The van der Waals surface area contributed by atoms with Crippen LogP contribution in [0.15, 0.2) is 0 Å². The van der Waals surface area contributed by atoms with Gasteiger partial charge in [0.1, 0.15) is 5.82 Å². The highest BCUT2D eigenvalue weighted by Gasteiger charge is 2.14. The Morgan fingerprint density at radius 2 is 2.12 bits per heavy atom. The number of aryl methyl sites for hydroxylation is 1. The van der Waals surface area contributed by atoms with E-state index in [2.05, 4.69) is 18.9 Å². The molecule has 4 nitrogen and oxygen atoms in total. The lowest BCUT2D eigenvalue weighted by Gasteiger charge is -2.06. The fourth-order valence-electron chi connectivity index (χ4n) is 1.78. The van der Waals surface area contributed by atoms with Crippen LogP contribution in [0.3, 0.4) is 0 Å². The highest BCUT2D eigenvalue weighted by atomic mass is 16.5. The van der Waals surface area contributed by atoms with Gasteiger partial charge in [-0.25, -0.2) is 0 Å². The third-order valence-corrected chi connectivity index (χ3v) is 2.58. The van der Waals surface area contributed by atoms with Crippen LogP contribution in [-0.4, -0.2) is 23.0 Å². The average molecular weight is 225 g/mol. The first-order valence-corrected chi connectivity index (χ1v) is 5.94. The molecule has 4 heteroatoms. The van der Waals surface area contributed by atoms with Gasteiger partial charge in [0, 0.05) is 25.6 Å². The number of anilines is 1. The Balaban J connectivity index is 2.77. The summed E-state index contributed by atoms with van der Waals surface area (Å²) >= 11 is 0. The van der Waals surface area contributed by atoms with E-state index in [4.69, 9.17) is 10.5 Å². The molecule has 16 heavy (non-hydrogen) atoms. The minimum Gasteiger partial charge on any atom is -0.384 e. The zero-order valence-electron chi connectivity index (χ0n) is 10.8. The summed E-state index contributed by atoms with van der Waals surface area (Å²) in [5, 5.41) is 4.45. The lowest BCUT2D eigenvalue weighted by Crippen LogP contribution is -2.04. The minimum absolute atomic E-state index is 0.595. The molecule has 0 unspecified atom stereocenters. The Hall–Kier alpha value is -1.03. The van der Waals surface area contributed by atoms with E-state index >= 15 is 0 Å². The SMILES string of the molecule is CCOCCc1nn(C)c(N)c1CC(C)C. The predicted octanol–water partition coefficient (Wildman–Crippen LogP) is 1.78. The van der Waals surface area contributed by atoms with Crippen LogP contribution in [0.2, 0.25) is 0 Å². The zero-order valence-corrected chi connectivity index (χ0v) is 10.8. The Bertz CT molecular complexity index is 331. The number of aromatic nitrogens is 2. The van der Waals surface area contributed by atoms with E-state index in [1.165, 1.54) is 5.56 Å². The van der Waals surface area contributed by atoms with E-state index in [1.807, 2.05) is 14.0 Å². The number of hydrogen-bond acceptors (Lipinski definition) is 3. The van der Waals surface area contributed by atoms with Gasteiger partial charge in [-0.2, -0.15) is 5.10 Å². The maximum atomic E-state index is 6.02. The summed E-state index contributed by atoms with van der Waals surface area (Å²) in [6, 6.07) is 0. The summed E-state index contributed by atoms with van der Waals surface area (Å²) in [6.07, 6.45) is 1.84. The summed E-state index contributed by atoms with van der Waals surface area (Å²) in [5.74, 6) is 1.39. The monoisotopic (exact) mass is 225 g/mol. The molecule has 0 atom stereocenters. The molecule has 1 aromatic heterocycles. The predicted molar refractivity (Wildman–Crippen MR) is 66.4 cm³/mol. The fraction of sp³-hybridized carbons (Fsp3) is 0.750. The maximum absolute atomic E-state index is 6.02. The number of hydrogen-bond donors (Lipinski definition) is 1. The molecule has 1 rings (SSSR count). The van der Waals surface area contributed by atoms with Crippen LogP contribution in [-0.2, 0) is 24.6 Å². The molecule has 0 aliphatic rings. The summed E-state index contributed by atoms with van der Waals surface area (Å²) in [7, 11) is 1.89. The highest BCUT2D eigenvalue weighted by Crippen LogP contribution is 2.20. The average Bonchev–Trinajstić information content (AvgIpc) is 2.46. The molecule has 92 valence electrons. The topological polar surface area (TPSA) is 53.1 Å². The van der Waals surface area contributed by atoms with Gasteiger partial charge < -0.3 is 10.5 Å². The van der Waals surface area contributed by atoms with Crippen molar-refractivity contribution in [2.24, 2.45) is 13.0 Å². The zero-order chi connectivity index (χ0) is 12.1. The van der Waals surface area contributed by atoms with Gasteiger partial charge in [0.15, 0.2) is 0 Å². The molecule has 0 fully saturated rings. The number of nitrogen functional groups attached to an aromatic ring is 1. The van der Waals surface area contributed by atoms with Gasteiger partial charge in [0.2, 0.25) is 0 Å². The molecule has 0 bridgehead atoms. The Morgan fingerprint density at radius 3 is 2.69 bits per heavy atom. The first-order chi connectivity index (χ1) is 7.56. The molecular weight excluding hydrogens is 202 g/mol. The van der Waals surface area contributed by atoms with Crippen molar-refractivity contribution < 1.29 is 4.74 Å². The van der Waals surface area contributed by atoms with Crippen molar-refractivity contribution >= 4 is 5.82 Å². The number of ether oxygens (including phenoxy) is 1. The quantitative estimate of drug-likeness (QED) is 0.751. The van der Waals surface area contributed by atoms with E-state index in [1.54, 1.807) is 4.68 Å². The summed E-state index contributed by atoms with van der Waals surface area (Å²) in [6.45, 7) is 7.86. The molecule has 0 saturated carbocycles. The van der Waals surface area contributed by atoms with E-state index in [-0.39, 0.29) is 0 Å².